The Morgan fingerprint density at radius 2 is 1.78 bits per heavy atom. The quantitative estimate of drug-likeness (QED) is 0.313. The summed E-state index contributed by atoms with van der Waals surface area (Å²) in [7, 11) is 0. The highest BCUT2D eigenvalue weighted by Gasteiger charge is 2.21. The molecule has 3 rings (SSSR count). The number of aryl methyl sites for hydroxylation is 2. The van der Waals surface area contributed by atoms with Crippen molar-refractivity contribution in [3.8, 4) is 0 Å². The Labute approximate surface area is 178 Å². The first-order valence-electron chi connectivity index (χ1n) is 10.1. The highest BCUT2D eigenvalue weighted by atomic mass is 127. The molecule has 0 amide bonds. The Balaban J connectivity index is 2.01. The van der Waals surface area contributed by atoms with Crippen LogP contribution in [-0.2, 0) is 6.54 Å². The number of hydrogen-bond donors (Lipinski definition) is 0. The second kappa shape index (κ2) is 9.24. The molecule has 0 aliphatic rings. The van der Waals surface area contributed by atoms with Gasteiger partial charge >= 0.3 is 0 Å². The molecule has 0 fully saturated rings. The van der Waals surface area contributed by atoms with Crippen molar-refractivity contribution in [1.29, 1.82) is 0 Å². The highest BCUT2D eigenvalue weighted by Crippen LogP contribution is 2.32. The van der Waals surface area contributed by atoms with E-state index >= 15 is 0 Å². The molecule has 2 nitrogen and oxygen atoms in total. The van der Waals surface area contributed by atoms with Crippen LogP contribution < -0.4 is 0 Å². The summed E-state index contributed by atoms with van der Waals surface area (Å²) in [5.41, 5.74) is 7.05. The summed E-state index contributed by atoms with van der Waals surface area (Å²) >= 11 is 2.40. The van der Waals surface area contributed by atoms with Crippen LogP contribution in [0.1, 0.15) is 61.4 Å². The average molecular weight is 474 g/mol. The van der Waals surface area contributed by atoms with Gasteiger partial charge in [-0.2, -0.15) is 0 Å². The molecule has 144 valence electrons. The van der Waals surface area contributed by atoms with Crippen LogP contribution in [0, 0.1) is 13.8 Å². The minimum absolute atomic E-state index is 0.468. The minimum atomic E-state index is 0.468. The second-order valence-corrected chi connectivity index (χ2v) is 8.58. The molecule has 0 radical (unpaired) electrons. The van der Waals surface area contributed by atoms with Crippen LogP contribution in [0.4, 0.5) is 0 Å². The van der Waals surface area contributed by atoms with Gasteiger partial charge in [-0.3, -0.25) is 7.68 Å². The fourth-order valence-electron chi connectivity index (χ4n) is 4.22. The van der Waals surface area contributed by atoms with Crippen LogP contribution in [-0.4, -0.2) is 14.2 Å². The average Bonchev–Trinajstić information content (AvgIpc) is 3.06. The topological polar surface area (TPSA) is 8.17 Å². The van der Waals surface area contributed by atoms with E-state index in [2.05, 4.69) is 107 Å². The third-order valence-electron chi connectivity index (χ3n) is 5.62. The van der Waals surface area contributed by atoms with Gasteiger partial charge in [0.05, 0.1) is 28.4 Å². The third-order valence-corrected chi connectivity index (χ3v) is 6.42. The van der Waals surface area contributed by atoms with Gasteiger partial charge in [-0.05, 0) is 61.6 Å². The van der Waals surface area contributed by atoms with Crippen LogP contribution in [0.15, 0.2) is 48.7 Å². The molecule has 1 atom stereocenters. The molecule has 0 saturated heterocycles. The van der Waals surface area contributed by atoms with Gasteiger partial charge in [0.2, 0.25) is 0 Å². The Bertz CT molecular complexity index is 882. The number of hydrogen-bond acceptors (Lipinski definition) is 1. The molecule has 0 N–H and O–H groups in total. The number of benzene rings is 2. The molecule has 0 bridgehead atoms. The molecule has 3 aromatic rings. The van der Waals surface area contributed by atoms with Crippen LogP contribution in [0.5, 0.6) is 0 Å². The van der Waals surface area contributed by atoms with Crippen molar-refractivity contribution in [2.24, 2.45) is 0 Å². The number of fused-ring (bicyclic) bond motifs is 1. The summed E-state index contributed by atoms with van der Waals surface area (Å²) in [6, 6.07) is 16.1. The first-order valence-corrected chi connectivity index (χ1v) is 11.1. The van der Waals surface area contributed by atoms with E-state index in [0.29, 0.717) is 6.04 Å². The third kappa shape index (κ3) is 4.40. The van der Waals surface area contributed by atoms with Gasteiger partial charge in [0.1, 0.15) is 0 Å². The van der Waals surface area contributed by atoms with Crippen molar-refractivity contribution in [2.75, 3.05) is 6.54 Å². The largest absolute Gasteiger partial charge is 0.292 e. The van der Waals surface area contributed by atoms with E-state index in [1.807, 2.05) is 0 Å². The molecule has 1 aromatic heterocycles. The van der Waals surface area contributed by atoms with E-state index in [4.69, 9.17) is 0 Å². The Morgan fingerprint density at radius 1 is 1.04 bits per heavy atom. The lowest BCUT2D eigenvalue weighted by molar-refractivity contribution is 0.180. The Hall–Kier alpha value is -1.33. The first kappa shape index (κ1) is 20.4. The molecular formula is C24H31IN2. The van der Waals surface area contributed by atoms with E-state index in [0.717, 1.165) is 19.5 Å². The lowest BCUT2D eigenvalue weighted by Gasteiger charge is -2.32. The number of nitrogens with zero attached hydrogens (tertiary/aromatic N) is 2. The van der Waals surface area contributed by atoms with Gasteiger partial charge < -0.3 is 0 Å². The molecule has 0 aliphatic carbocycles. The molecule has 27 heavy (non-hydrogen) atoms. The molecule has 0 spiro atoms. The molecule has 3 heteroatoms. The summed E-state index contributed by atoms with van der Waals surface area (Å²) in [4.78, 5) is 2.69. The predicted molar refractivity (Wildman–Crippen MR) is 126 cm³/mol. The second-order valence-electron chi connectivity index (χ2n) is 7.54. The smallest absolute Gasteiger partial charge is 0.0640 e. The maximum absolute atomic E-state index is 2.69. The molecule has 0 aliphatic heterocycles. The molecule has 1 unspecified atom stereocenters. The summed E-state index contributed by atoms with van der Waals surface area (Å²) < 4.78 is 2.23. The molecule has 1 heterocycles. The Morgan fingerprint density at radius 3 is 2.44 bits per heavy atom. The molecular weight excluding hydrogens is 443 g/mol. The number of unbranched alkanes of at least 4 members (excludes halogenated alkanes) is 1. The summed E-state index contributed by atoms with van der Waals surface area (Å²) in [5, 5.41) is 1.41. The zero-order valence-electron chi connectivity index (χ0n) is 17.0. The van der Waals surface area contributed by atoms with Gasteiger partial charge in [0.25, 0.3) is 0 Å². The summed E-state index contributed by atoms with van der Waals surface area (Å²) in [6.45, 7) is 11.2. The summed E-state index contributed by atoms with van der Waals surface area (Å²) in [6.07, 6.45) is 5.79. The fraction of sp³-hybridized carbons (Fsp3) is 0.417. The monoisotopic (exact) mass is 474 g/mol. The normalized spacial score (nSPS) is 12.8. The lowest BCUT2D eigenvalue weighted by Crippen LogP contribution is -2.29. The van der Waals surface area contributed by atoms with E-state index < -0.39 is 0 Å². The van der Waals surface area contributed by atoms with Crippen molar-refractivity contribution < 1.29 is 0 Å². The van der Waals surface area contributed by atoms with Crippen LogP contribution in [0.3, 0.4) is 0 Å². The molecule has 0 saturated carbocycles. The van der Waals surface area contributed by atoms with Crippen molar-refractivity contribution in [1.82, 2.24) is 7.68 Å². The fourth-order valence-corrected chi connectivity index (χ4v) is 5.03. The zero-order valence-corrected chi connectivity index (χ0v) is 19.2. The predicted octanol–water partition coefficient (Wildman–Crippen LogP) is 7.21. The van der Waals surface area contributed by atoms with Gasteiger partial charge in [0.15, 0.2) is 0 Å². The standard InChI is InChI=1S/C24H31IN2/c1-5-7-14-26(23(6-2)20-11-9-8-10-12-20)17-22-18(3)16-19(4)24-21(22)13-15-27(24)25/h8-13,15-16,23H,5-7,14,17H2,1-4H3. The summed E-state index contributed by atoms with van der Waals surface area (Å²) in [5.74, 6) is 0. The van der Waals surface area contributed by atoms with Crippen LogP contribution in [0.2, 0.25) is 0 Å². The van der Waals surface area contributed by atoms with E-state index in [9.17, 15) is 0 Å². The van der Waals surface area contributed by atoms with Crippen LogP contribution >= 0.6 is 22.9 Å². The van der Waals surface area contributed by atoms with Crippen molar-refractivity contribution in [3.05, 3.63) is 70.9 Å². The number of halogens is 1. The van der Waals surface area contributed by atoms with Gasteiger partial charge in [-0.1, -0.05) is 56.7 Å². The highest BCUT2D eigenvalue weighted by molar-refractivity contribution is 14.1. The van der Waals surface area contributed by atoms with Crippen LogP contribution in [0.25, 0.3) is 10.9 Å². The minimum Gasteiger partial charge on any atom is -0.292 e. The lowest BCUT2D eigenvalue weighted by atomic mass is 9.97. The Kier molecular flexibility index (Phi) is 6.99. The van der Waals surface area contributed by atoms with E-state index in [-0.39, 0.29) is 0 Å². The van der Waals surface area contributed by atoms with Gasteiger partial charge in [-0.15, -0.1) is 0 Å². The zero-order chi connectivity index (χ0) is 19.4. The number of aromatic nitrogens is 1. The maximum Gasteiger partial charge on any atom is 0.0640 e. The van der Waals surface area contributed by atoms with E-state index in [1.54, 1.807) is 0 Å². The SMILES string of the molecule is CCCCN(Cc1c(C)cc(C)c2c1ccn2I)C(CC)c1ccccc1. The van der Waals surface area contributed by atoms with Gasteiger partial charge in [-0.25, -0.2) is 0 Å². The first-order chi connectivity index (χ1) is 13.1. The van der Waals surface area contributed by atoms with E-state index in [1.165, 1.54) is 46.0 Å². The number of rotatable bonds is 8. The van der Waals surface area contributed by atoms with Crippen molar-refractivity contribution in [2.45, 2.75) is 59.5 Å². The van der Waals surface area contributed by atoms with Crippen molar-refractivity contribution in [3.63, 3.8) is 0 Å². The maximum atomic E-state index is 2.69. The van der Waals surface area contributed by atoms with Crippen molar-refractivity contribution >= 4 is 33.8 Å². The molecule has 2 aromatic carbocycles. The van der Waals surface area contributed by atoms with Gasteiger partial charge in [0, 0.05) is 24.2 Å².